The summed E-state index contributed by atoms with van der Waals surface area (Å²) < 4.78 is 0. The fourth-order valence-electron chi connectivity index (χ4n) is 6.03. The van der Waals surface area contributed by atoms with Gasteiger partial charge in [-0.15, -0.1) is 0 Å². The van der Waals surface area contributed by atoms with Crippen LogP contribution in [0.5, 0.6) is 0 Å². The molecule has 0 spiro atoms. The summed E-state index contributed by atoms with van der Waals surface area (Å²) in [6.07, 6.45) is 10.1. The van der Waals surface area contributed by atoms with Gasteiger partial charge < -0.3 is 0 Å². The molecule has 2 aliphatic carbocycles. The van der Waals surface area contributed by atoms with Crippen molar-refractivity contribution >= 4 is 20.5 Å². The molecule has 2 aromatic carbocycles. The van der Waals surface area contributed by atoms with E-state index < -0.39 is 10.0 Å². The first-order valence-electron chi connectivity index (χ1n) is 11.2. The van der Waals surface area contributed by atoms with Crippen LogP contribution in [0, 0.1) is 0 Å². The summed E-state index contributed by atoms with van der Waals surface area (Å²) in [5, 5.41) is 0.540. The highest BCUT2D eigenvalue weighted by atomic mass is 32.3. The molecular weight excluding hydrogens is 368 g/mol. The van der Waals surface area contributed by atoms with Crippen molar-refractivity contribution in [3.05, 3.63) is 81.9 Å². The highest BCUT2D eigenvalue weighted by Crippen LogP contribution is 2.72. The Balaban J connectivity index is 1.89. The number of rotatable bonds is 6. The van der Waals surface area contributed by atoms with Gasteiger partial charge in [-0.2, -0.15) is 0 Å². The van der Waals surface area contributed by atoms with Crippen molar-refractivity contribution in [3.8, 4) is 0 Å². The lowest BCUT2D eigenvalue weighted by Crippen LogP contribution is -2.10. The van der Waals surface area contributed by atoms with Gasteiger partial charge in [-0.1, -0.05) is 86.4 Å². The van der Waals surface area contributed by atoms with Crippen molar-refractivity contribution in [1.82, 2.24) is 0 Å². The summed E-state index contributed by atoms with van der Waals surface area (Å²) >= 11 is 0. The fraction of sp³-hybridized carbons (Fsp3) is 0.429. The van der Waals surface area contributed by atoms with Crippen LogP contribution in [-0.4, -0.2) is 12.5 Å². The molecule has 0 saturated carbocycles. The number of hydrogen-bond donors (Lipinski definition) is 0. The summed E-state index contributed by atoms with van der Waals surface area (Å²) in [6.45, 7) is 9.48. The predicted octanol–water partition coefficient (Wildman–Crippen LogP) is 8.71. The molecule has 0 nitrogen and oxygen atoms in total. The third-order valence-corrected chi connectivity index (χ3v) is 10.5. The van der Waals surface area contributed by atoms with Crippen LogP contribution in [0.2, 0.25) is 0 Å². The minimum atomic E-state index is -1.04. The molecule has 0 N–H and O–H groups in total. The summed E-state index contributed by atoms with van der Waals surface area (Å²) in [4.78, 5) is 1.68. The van der Waals surface area contributed by atoms with Gasteiger partial charge in [0.1, 0.15) is 0 Å². The van der Waals surface area contributed by atoms with Crippen LogP contribution >= 0.6 is 10.0 Å². The molecule has 0 heterocycles. The quantitative estimate of drug-likeness (QED) is 0.451. The molecule has 0 saturated heterocycles. The van der Waals surface area contributed by atoms with Crippen molar-refractivity contribution in [2.75, 3.05) is 12.5 Å². The SMILES string of the molecule is CCCC1=C(C)C(S(C)(C)C2=C(C)C(CCC)c3ccccc32)c2ccccc21. The van der Waals surface area contributed by atoms with Gasteiger partial charge in [0.05, 0.1) is 0 Å². The van der Waals surface area contributed by atoms with Crippen LogP contribution in [0.25, 0.3) is 10.5 Å². The van der Waals surface area contributed by atoms with E-state index in [1.165, 1.54) is 36.8 Å². The second-order valence-corrected chi connectivity index (χ2v) is 12.9. The van der Waals surface area contributed by atoms with Crippen LogP contribution in [0.1, 0.15) is 86.8 Å². The van der Waals surface area contributed by atoms with Gasteiger partial charge in [-0.25, -0.2) is 10.0 Å². The van der Waals surface area contributed by atoms with Crippen molar-refractivity contribution in [2.45, 2.75) is 64.5 Å². The highest BCUT2D eigenvalue weighted by Gasteiger charge is 2.42. The molecule has 2 atom stereocenters. The Hall–Kier alpha value is -1.73. The molecule has 0 aliphatic heterocycles. The van der Waals surface area contributed by atoms with E-state index in [0.29, 0.717) is 11.2 Å². The van der Waals surface area contributed by atoms with E-state index in [4.69, 9.17) is 0 Å². The molecular formula is C28H36S. The number of allylic oxidation sites excluding steroid dienone is 2. The second kappa shape index (κ2) is 7.84. The molecule has 154 valence electrons. The van der Waals surface area contributed by atoms with Gasteiger partial charge in [0, 0.05) is 11.2 Å². The first kappa shape index (κ1) is 20.5. The summed E-state index contributed by atoms with van der Waals surface area (Å²) in [6, 6.07) is 18.5. The third-order valence-electron chi connectivity index (χ3n) is 7.09. The fourth-order valence-corrected chi connectivity index (χ4v) is 9.86. The predicted molar refractivity (Wildman–Crippen MR) is 133 cm³/mol. The monoisotopic (exact) mass is 404 g/mol. The van der Waals surface area contributed by atoms with Crippen LogP contribution in [0.15, 0.2) is 59.7 Å². The van der Waals surface area contributed by atoms with E-state index >= 15 is 0 Å². The van der Waals surface area contributed by atoms with E-state index in [1.807, 2.05) is 0 Å². The van der Waals surface area contributed by atoms with E-state index in [0.717, 1.165) is 0 Å². The maximum Gasteiger partial charge on any atom is 0.0393 e. The minimum Gasteiger partial charge on any atom is -0.209 e. The zero-order valence-corrected chi connectivity index (χ0v) is 19.8. The summed E-state index contributed by atoms with van der Waals surface area (Å²) in [5.41, 5.74) is 11.1. The lowest BCUT2D eigenvalue weighted by molar-refractivity contribution is 0.697. The first-order chi connectivity index (χ1) is 13.9. The molecule has 2 unspecified atom stereocenters. The van der Waals surface area contributed by atoms with Crippen LogP contribution in [0.3, 0.4) is 0 Å². The van der Waals surface area contributed by atoms with Crippen LogP contribution < -0.4 is 0 Å². The van der Waals surface area contributed by atoms with E-state index in [9.17, 15) is 0 Å². The second-order valence-electron chi connectivity index (χ2n) is 9.23. The lowest BCUT2D eigenvalue weighted by Gasteiger charge is -2.42. The number of hydrogen-bond acceptors (Lipinski definition) is 0. The molecule has 4 rings (SSSR count). The van der Waals surface area contributed by atoms with Crippen molar-refractivity contribution in [2.24, 2.45) is 0 Å². The summed E-state index contributed by atoms with van der Waals surface area (Å²) in [5.74, 6) is 0.606. The van der Waals surface area contributed by atoms with Gasteiger partial charge >= 0.3 is 0 Å². The lowest BCUT2D eigenvalue weighted by atomic mass is 9.92. The largest absolute Gasteiger partial charge is 0.209 e. The molecule has 1 heteroatoms. The Morgan fingerprint density at radius 3 is 2.03 bits per heavy atom. The van der Waals surface area contributed by atoms with Crippen LogP contribution in [-0.2, 0) is 0 Å². The smallest absolute Gasteiger partial charge is 0.0393 e. The van der Waals surface area contributed by atoms with Gasteiger partial charge in [-0.3, -0.25) is 0 Å². The topological polar surface area (TPSA) is 0 Å². The Labute approximate surface area is 179 Å². The molecule has 2 aliphatic rings. The van der Waals surface area contributed by atoms with Gasteiger partial charge in [0.25, 0.3) is 0 Å². The Bertz CT molecular complexity index is 989. The normalized spacial score (nSPS) is 21.6. The third kappa shape index (κ3) is 3.13. The van der Waals surface area contributed by atoms with E-state index in [1.54, 1.807) is 32.8 Å². The zero-order valence-electron chi connectivity index (χ0n) is 19.0. The minimum absolute atomic E-state index is 0.540. The number of benzene rings is 2. The zero-order chi connectivity index (χ0) is 20.8. The van der Waals surface area contributed by atoms with Crippen molar-refractivity contribution < 1.29 is 0 Å². The average molecular weight is 405 g/mol. The average Bonchev–Trinajstić information content (AvgIpc) is 3.15. The molecule has 2 aromatic rings. The van der Waals surface area contributed by atoms with Crippen LogP contribution in [0.4, 0.5) is 0 Å². The van der Waals surface area contributed by atoms with Gasteiger partial charge in [0.2, 0.25) is 0 Å². The van der Waals surface area contributed by atoms with E-state index in [2.05, 4.69) is 88.7 Å². The first-order valence-corrected chi connectivity index (χ1v) is 13.8. The maximum atomic E-state index is 2.58. The highest BCUT2D eigenvalue weighted by molar-refractivity contribution is 8.40. The Kier molecular flexibility index (Phi) is 5.55. The van der Waals surface area contributed by atoms with Crippen molar-refractivity contribution in [1.29, 1.82) is 0 Å². The molecule has 0 radical (unpaired) electrons. The summed E-state index contributed by atoms with van der Waals surface area (Å²) in [7, 11) is -1.04. The number of fused-ring (bicyclic) bond motifs is 2. The molecule has 0 aromatic heterocycles. The maximum absolute atomic E-state index is 2.58. The Morgan fingerprint density at radius 2 is 1.38 bits per heavy atom. The van der Waals surface area contributed by atoms with E-state index in [-0.39, 0.29) is 0 Å². The van der Waals surface area contributed by atoms with Crippen molar-refractivity contribution in [3.63, 3.8) is 0 Å². The molecule has 0 fully saturated rings. The van der Waals surface area contributed by atoms with Gasteiger partial charge in [0.15, 0.2) is 0 Å². The molecule has 0 amide bonds. The van der Waals surface area contributed by atoms with Gasteiger partial charge in [-0.05, 0) is 71.9 Å². The standard InChI is InChI=1S/C28H36S/c1-7-13-21-19(3)27(25-17-11-9-15-23(21)25)29(5,6)28-20(4)22(14-8-2)24-16-10-12-18-26(24)28/h9-12,15-18,21,28H,7-8,13-14H2,1-6H3. The Morgan fingerprint density at radius 1 is 0.759 bits per heavy atom. The molecule has 0 bridgehead atoms. The molecule has 29 heavy (non-hydrogen) atoms.